The van der Waals surface area contributed by atoms with Crippen molar-refractivity contribution in [2.45, 2.75) is 92.4 Å². The van der Waals surface area contributed by atoms with Gasteiger partial charge in [-0.1, -0.05) is 65.0 Å². The smallest absolute Gasteiger partial charge is 0.0636 e. The summed E-state index contributed by atoms with van der Waals surface area (Å²) in [5.41, 5.74) is 8.66. The van der Waals surface area contributed by atoms with Gasteiger partial charge in [0, 0.05) is 6.21 Å². The second-order valence-electron chi connectivity index (χ2n) is 8.39. The van der Waals surface area contributed by atoms with E-state index in [-0.39, 0.29) is 0 Å². The maximum Gasteiger partial charge on any atom is 0.0636 e. The summed E-state index contributed by atoms with van der Waals surface area (Å²) in [5.74, 6) is 0. The van der Waals surface area contributed by atoms with Crippen molar-refractivity contribution in [3.05, 3.63) is 58.7 Å². The molecule has 0 radical (unpaired) electrons. The lowest BCUT2D eigenvalue weighted by molar-refractivity contribution is 0.684. The second kappa shape index (κ2) is 13.2. The van der Waals surface area contributed by atoms with Gasteiger partial charge in [0.15, 0.2) is 0 Å². The van der Waals surface area contributed by atoms with Crippen molar-refractivity contribution in [1.29, 1.82) is 0 Å². The fourth-order valence-corrected chi connectivity index (χ4v) is 3.70. The first-order chi connectivity index (χ1) is 14.6. The minimum absolute atomic E-state index is 0.978. The van der Waals surface area contributed by atoms with E-state index < -0.39 is 0 Å². The third kappa shape index (κ3) is 7.89. The lowest BCUT2D eigenvalue weighted by Gasteiger charge is -2.09. The van der Waals surface area contributed by atoms with Gasteiger partial charge in [-0.3, -0.25) is 9.98 Å². The topological polar surface area (TPSA) is 24.7 Å². The molecule has 0 unspecified atom stereocenters. The molecule has 0 aliphatic rings. The molecule has 162 valence electrons. The molecule has 0 saturated heterocycles. The molecule has 0 N–H and O–H groups in total. The Kier molecular flexibility index (Phi) is 10.5. The number of rotatable bonds is 12. The third-order valence-corrected chi connectivity index (χ3v) is 5.64. The zero-order valence-electron chi connectivity index (χ0n) is 19.8. The molecule has 0 aliphatic carbocycles. The van der Waals surface area contributed by atoms with E-state index in [4.69, 9.17) is 9.98 Å². The molecule has 0 atom stereocenters. The van der Waals surface area contributed by atoms with Gasteiger partial charge in [0.25, 0.3) is 0 Å². The number of benzene rings is 2. The second-order valence-corrected chi connectivity index (χ2v) is 8.39. The van der Waals surface area contributed by atoms with E-state index in [2.05, 4.69) is 71.0 Å². The van der Waals surface area contributed by atoms with Crippen molar-refractivity contribution in [1.82, 2.24) is 0 Å². The van der Waals surface area contributed by atoms with Gasteiger partial charge in [-0.25, -0.2) is 0 Å². The van der Waals surface area contributed by atoms with E-state index in [0.29, 0.717) is 0 Å². The summed E-state index contributed by atoms with van der Waals surface area (Å²) in [5, 5.41) is 0. The van der Waals surface area contributed by atoms with Crippen molar-refractivity contribution < 1.29 is 0 Å². The fourth-order valence-electron chi connectivity index (χ4n) is 3.70. The lowest BCUT2D eigenvalue weighted by atomic mass is 9.99. The first-order valence-corrected chi connectivity index (χ1v) is 11.9. The standard InChI is InChI=1S/C28H40N2/c1-6-9-10-11-14-28(30-27-17-15-22(4)23(5)19-27)21-29-26-18-16-24(12-7-2)25(20-26)13-8-3/h15-21H,6-14H2,1-5H3. The predicted octanol–water partition coefficient (Wildman–Crippen LogP) is 8.65. The van der Waals surface area contributed by atoms with Crippen LogP contribution in [0.2, 0.25) is 0 Å². The maximum absolute atomic E-state index is 4.95. The molecule has 0 aromatic heterocycles. The highest BCUT2D eigenvalue weighted by atomic mass is 14.8. The van der Waals surface area contributed by atoms with Crippen LogP contribution in [0.25, 0.3) is 0 Å². The molecule has 30 heavy (non-hydrogen) atoms. The van der Waals surface area contributed by atoms with Crippen molar-refractivity contribution >= 4 is 23.3 Å². The van der Waals surface area contributed by atoms with Crippen LogP contribution in [0, 0.1) is 13.8 Å². The van der Waals surface area contributed by atoms with Crippen LogP contribution in [-0.4, -0.2) is 11.9 Å². The van der Waals surface area contributed by atoms with Crippen molar-refractivity contribution in [2.75, 3.05) is 0 Å². The summed E-state index contributed by atoms with van der Waals surface area (Å²) in [6.07, 6.45) is 12.6. The molecule has 2 aromatic carbocycles. The normalized spacial score (nSPS) is 12.1. The molecule has 0 amide bonds. The van der Waals surface area contributed by atoms with Crippen LogP contribution in [0.15, 0.2) is 46.4 Å². The third-order valence-electron chi connectivity index (χ3n) is 5.64. The minimum Gasteiger partial charge on any atom is -0.255 e. The largest absolute Gasteiger partial charge is 0.255 e. The van der Waals surface area contributed by atoms with E-state index in [1.807, 2.05) is 6.21 Å². The number of aryl methyl sites for hydroxylation is 4. The highest BCUT2D eigenvalue weighted by Crippen LogP contribution is 2.22. The van der Waals surface area contributed by atoms with E-state index >= 15 is 0 Å². The maximum atomic E-state index is 4.95. The first kappa shape index (κ1) is 24.1. The number of unbranched alkanes of at least 4 members (excludes halogenated alkanes) is 3. The molecule has 2 aromatic rings. The molecule has 2 heteroatoms. The average Bonchev–Trinajstić information content (AvgIpc) is 2.74. The molecule has 0 spiro atoms. The number of hydrogen-bond acceptors (Lipinski definition) is 2. The number of aliphatic imine (C=N–C) groups is 2. The van der Waals surface area contributed by atoms with E-state index in [1.165, 1.54) is 60.8 Å². The Morgan fingerprint density at radius 3 is 2.17 bits per heavy atom. The first-order valence-electron chi connectivity index (χ1n) is 11.9. The van der Waals surface area contributed by atoms with Crippen molar-refractivity contribution in [3.63, 3.8) is 0 Å². The quantitative estimate of drug-likeness (QED) is 0.250. The molecule has 0 saturated carbocycles. The van der Waals surface area contributed by atoms with Gasteiger partial charge in [-0.05, 0) is 86.1 Å². The van der Waals surface area contributed by atoms with Crippen molar-refractivity contribution in [3.8, 4) is 0 Å². The van der Waals surface area contributed by atoms with Crippen LogP contribution in [0.4, 0.5) is 11.4 Å². The van der Waals surface area contributed by atoms with Gasteiger partial charge < -0.3 is 0 Å². The summed E-state index contributed by atoms with van der Waals surface area (Å²) in [6, 6.07) is 13.1. The Morgan fingerprint density at radius 2 is 1.47 bits per heavy atom. The van der Waals surface area contributed by atoms with Gasteiger partial charge in [-0.15, -0.1) is 0 Å². The highest BCUT2D eigenvalue weighted by molar-refractivity contribution is 6.31. The van der Waals surface area contributed by atoms with E-state index in [0.717, 1.165) is 36.3 Å². The molecular weight excluding hydrogens is 364 g/mol. The molecule has 0 fully saturated rings. The van der Waals surface area contributed by atoms with Crippen LogP contribution in [0.1, 0.15) is 88.0 Å². The average molecular weight is 405 g/mol. The Balaban J connectivity index is 2.25. The summed E-state index contributed by atoms with van der Waals surface area (Å²) in [4.78, 5) is 9.78. The Bertz CT molecular complexity index is 846. The zero-order valence-corrected chi connectivity index (χ0v) is 19.8. The van der Waals surface area contributed by atoms with E-state index in [9.17, 15) is 0 Å². The monoisotopic (exact) mass is 404 g/mol. The van der Waals surface area contributed by atoms with Gasteiger partial charge in [0.1, 0.15) is 0 Å². The van der Waals surface area contributed by atoms with Crippen LogP contribution in [-0.2, 0) is 12.8 Å². The molecule has 2 nitrogen and oxygen atoms in total. The molecule has 0 aliphatic heterocycles. The lowest BCUT2D eigenvalue weighted by Crippen LogP contribution is -2.00. The number of nitrogens with zero attached hydrogens (tertiary/aromatic N) is 2. The Labute approximate surface area is 184 Å². The predicted molar refractivity (Wildman–Crippen MR) is 134 cm³/mol. The molecular formula is C28H40N2. The van der Waals surface area contributed by atoms with E-state index in [1.54, 1.807) is 0 Å². The van der Waals surface area contributed by atoms with Crippen LogP contribution in [0.5, 0.6) is 0 Å². The Morgan fingerprint density at radius 1 is 0.733 bits per heavy atom. The van der Waals surface area contributed by atoms with Gasteiger partial charge >= 0.3 is 0 Å². The highest BCUT2D eigenvalue weighted by Gasteiger charge is 2.04. The molecule has 0 heterocycles. The summed E-state index contributed by atoms with van der Waals surface area (Å²) in [6.45, 7) is 11.0. The fraction of sp³-hybridized carbons (Fsp3) is 0.500. The minimum atomic E-state index is 0.978. The molecule has 2 rings (SSSR count). The molecule has 0 bridgehead atoms. The summed E-state index contributed by atoms with van der Waals surface area (Å²) >= 11 is 0. The van der Waals surface area contributed by atoms with Crippen molar-refractivity contribution in [2.24, 2.45) is 9.98 Å². The van der Waals surface area contributed by atoms with Gasteiger partial charge in [-0.2, -0.15) is 0 Å². The summed E-state index contributed by atoms with van der Waals surface area (Å²) < 4.78 is 0. The van der Waals surface area contributed by atoms with Crippen LogP contribution < -0.4 is 0 Å². The van der Waals surface area contributed by atoms with Crippen LogP contribution >= 0.6 is 0 Å². The van der Waals surface area contributed by atoms with Gasteiger partial charge in [0.05, 0.1) is 17.1 Å². The Hall–Kier alpha value is -2.22. The zero-order chi connectivity index (χ0) is 21.8. The summed E-state index contributed by atoms with van der Waals surface area (Å²) in [7, 11) is 0. The van der Waals surface area contributed by atoms with Gasteiger partial charge in [0.2, 0.25) is 0 Å². The number of hydrogen-bond donors (Lipinski definition) is 0. The SMILES string of the molecule is CCCCCCC(C=Nc1ccc(CCC)c(CCC)c1)=Nc1ccc(C)c(C)c1. The van der Waals surface area contributed by atoms with Crippen LogP contribution in [0.3, 0.4) is 0 Å².